The van der Waals surface area contributed by atoms with E-state index in [9.17, 15) is 0 Å². The van der Waals surface area contributed by atoms with Gasteiger partial charge in [-0.15, -0.1) is 0 Å². The van der Waals surface area contributed by atoms with Crippen LogP contribution in [0.4, 0.5) is 0 Å². The summed E-state index contributed by atoms with van der Waals surface area (Å²) in [6, 6.07) is 17.1. The van der Waals surface area contributed by atoms with Crippen LogP contribution < -0.4 is 4.57 Å². The summed E-state index contributed by atoms with van der Waals surface area (Å²) < 4.78 is 2.15. The van der Waals surface area contributed by atoms with Gasteiger partial charge in [0.05, 0.1) is 10.9 Å². The zero-order valence-corrected chi connectivity index (χ0v) is 10.1. The third-order valence-electron chi connectivity index (χ3n) is 3.65. The van der Waals surface area contributed by atoms with Crippen LogP contribution in [-0.2, 0) is 7.05 Å². The van der Waals surface area contributed by atoms with Crippen LogP contribution in [0, 0.1) is 0 Å². The molecule has 0 aliphatic rings. The quantitative estimate of drug-likeness (QED) is 0.450. The van der Waals surface area contributed by atoms with E-state index in [1.165, 1.54) is 32.7 Å². The first-order chi connectivity index (χ1) is 8.84. The SMILES string of the molecule is C[n+]1cccc2c3[nH]c4ccccc4c3ccc21. The van der Waals surface area contributed by atoms with Crippen molar-refractivity contribution in [1.82, 2.24) is 4.98 Å². The molecular weight excluding hydrogens is 220 g/mol. The topological polar surface area (TPSA) is 19.7 Å². The van der Waals surface area contributed by atoms with Gasteiger partial charge in [-0.25, -0.2) is 4.57 Å². The molecule has 0 bridgehead atoms. The number of aromatic amines is 1. The van der Waals surface area contributed by atoms with Crippen molar-refractivity contribution in [2.45, 2.75) is 0 Å². The highest BCUT2D eigenvalue weighted by Gasteiger charge is 2.11. The number of H-pyrrole nitrogens is 1. The summed E-state index contributed by atoms with van der Waals surface area (Å²) in [5.41, 5.74) is 3.67. The molecule has 2 heterocycles. The fraction of sp³-hybridized carbons (Fsp3) is 0.0625. The van der Waals surface area contributed by atoms with Crippen molar-refractivity contribution in [2.75, 3.05) is 0 Å². The van der Waals surface area contributed by atoms with E-state index in [1.807, 2.05) is 0 Å². The summed E-state index contributed by atoms with van der Waals surface area (Å²) in [4.78, 5) is 3.53. The molecule has 4 aromatic rings. The molecule has 2 aromatic carbocycles. The molecule has 0 radical (unpaired) electrons. The van der Waals surface area contributed by atoms with Gasteiger partial charge in [-0.1, -0.05) is 18.2 Å². The maximum atomic E-state index is 3.53. The maximum absolute atomic E-state index is 3.53. The highest BCUT2D eigenvalue weighted by molar-refractivity contribution is 6.15. The van der Waals surface area contributed by atoms with Gasteiger partial charge in [0.2, 0.25) is 5.52 Å². The predicted octanol–water partition coefficient (Wildman–Crippen LogP) is 3.30. The first-order valence-electron chi connectivity index (χ1n) is 6.12. The van der Waals surface area contributed by atoms with Gasteiger partial charge in [0, 0.05) is 28.4 Å². The minimum Gasteiger partial charge on any atom is -0.354 e. The van der Waals surface area contributed by atoms with Crippen LogP contribution in [-0.4, -0.2) is 4.98 Å². The molecule has 86 valence electrons. The number of fused-ring (bicyclic) bond motifs is 5. The lowest BCUT2D eigenvalue weighted by Crippen LogP contribution is -2.27. The average Bonchev–Trinajstić information content (AvgIpc) is 2.78. The van der Waals surface area contributed by atoms with Gasteiger partial charge >= 0.3 is 0 Å². The van der Waals surface area contributed by atoms with Crippen molar-refractivity contribution in [1.29, 1.82) is 0 Å². The molecule has 0 spiro atoms. The number of nitrogens with one attached hydrogen (secondary N) is 1. The highest BCUT2D eigenvalue weighted by Crippen LogP contribution is 2.29. The molecule has 0 saturated carbocycles. The van der Waals surface area contributed by atoms with E-state index >= 15 is 0 Å². The average molecular weight is 233 g/mol. The molecule has 0 aliphatic carbocycles. The van der Waals surface area contributed by atoms with Crippen LogP contribution >= 0.6 is 0 Å². The van der Waals surface area contributed by atoms with E-state index in [2.05, 4.69) is 71.3 Å². The number of rotatable bonds is 0. The standard InChI is InChI=1S/C16H12N2/c1-18-10-4-6-13-15(18)9-8-12-11-5-2-3-7-14(11)17-16(12)13/h2-10H,1H3/p+1. The first kappa shape index (κ1) is 9.66. The summed E-state index contributed by atoms with van der Waals surface area (Å²) >= 11 is 0. The van der Waals surface area contributed by atoms with Crippen molar-refractivity contribution >= 4 is 32.7 Å². The lowest BCUT2D eigenvalue weighted by Gasteiger charge is -1.97. The number of hydrogen-bond donors (Lipinski definition) is 1. The zero-order chi connectivity index (χ0) is 12.1. The number of pyridine rings is 1. The Morgan fingerprint density at radius 1 is 0.833 bits per heavy atom. The van der Waals surface area contributed by atoms with Crippen LogP contribution in [0.3, 0.4) is 0 Å². The monoisotopic (exact) mass is 233 g/mol. The second-order valence-corrected chi connectivity index (χ2v) is 4.71. The summed E-state index contributed by atoms with van der Waals surface area (Å²) in [6.45, 7) is 0. The number of aryl methyl sites for hydroxylation is 1. The minimum absolute atomic E-state index is 1.20. The van der Waals surface area contributed by atoms with E-state index < -0.39 is 0 Å². The molecule has 0 atom stereocenters. The summed E-state index contributed by atoms with van der Waals surface area (Å²) in [6.07, 6.45) is 2.08. The third-order valence-corrected chi connectivity index (χ3v) is 3.65. The van der Waals surface area contributed by atoms with Gasteiger partial charge in [0.15, 0.2) is 6.20 Å². The Morgan fingerprint density at radius 3 is 2.61 bits per heavy atom. The lowest BCUT2D eigenvalue weighted by molar-refractivity contribution is -0.644. The Hall–Kier alpha value is -2.35. The van der Waals surface area contributed by atoms with Crippen LogP contribution in [0.25, 0.3) is 32.7 Å². The molecule has 2 heteroatoms. The first-order valence-corrected chi connectivity index (χ1v) is 6.12. The molecule has 0 amide bonds. The maximum Gasteiger partial charge on any atom is 0.214 e. The lowest BCUT2D eigenvalue weighted by atomic mass is 10.1. The Bertz CT molecular complexity index is 887. The van der Waals surface area contributed by atoms with Crippen molar-refractivity contribution in [3.8, 4) is 0 Å². The summed E-state index contributed by atoms with van der Waals surface area (Å²) in [5.74, 6) is 0. The molecule has 0 unspecified atom stereocenters. The van der Waals surface area contributed by atoms with E-state index in [-0.39, 0.29) is 0 Å². The largest absolute Gasteiger partial charge is 0.354 e. The highest BCUT2D eigenvalue weighted by atomic mass is 14.9. The second-order valence-electron chi connectivity index (χ2n) is 4.71. The zero-order valence-electron chi connectivity index (χ0n) is 10.1. The van der Waals surface area contributed by atoms with E-state index in [1.54, 1.807) is 0 Å². The van der Waals surface area contributed by atoms with Gasteiger partial charge in [-0.05, 0) is 18.2 Å². The summed E-state index contributed by atoms with van der Waals surface area (Å²) in [7, 11) is 2.08. The van der Waals surface area contributed by atoms with Crippen molar-refractivity contribution in [3.05, 3.63) is 54.7 Å². The molecule has 0 aliphatic heterocycles. The van der Waals surface area contributed by atoms with Gasteiger partial charge in [0.1, 0.15) is 7.05 Å². The van der Waals surface area contributed by atoms with Crippen molar-refractivity contribution in [3.63, 3.8) is 0 Å². The van der Waals surface area contributed by atoms with Crippen molar-refractivity contribution < 1.29 is 4.57 Å². The number of benzene rings is 2. The van der Waals surface area contributed by atoms with Crippen molar-refractivity contribution in [2.24, 2.45) is 7.05 Å². The van der Waals surface area contributed by atoms with Crippen LogP contribution in [0.15, 0.2) is 54.7 Å². The van der Waals surface area contributed by atoms with Crippen LogP contribution in [0.1, 0.15) is 0 Å². The molecular formula is C16H13N2+. The molecule has 0 saturated heterocycles. The molecule has 0 fully saturated rings. The molecule has 4 rings (SSSR count). The van der Waals surface area contributed by atoms with Gasteiger partial charge in [-0.2, -0.15) is 0 Å². The second kappa shape index (κ2) is 3.33. The molecule has 2 aromatic heterocycles. The fourth-order valence-corrected chi connectivity index (χ4v) is 2.75. The Balaban J connectivity index is 2.32. The third kappa shape index (κ3) is 1.15. The Morgan fingerprint density at radius 2 is 1.67 bits per heavy atom. The van der Waals surface area contributed by atoms with E-state index in [4.69, 9.17) is 0 Å². The number of para-hydroxylation sites is 1. The van der Waals surface area contributed by atoms with Gasteiger partial charge in [0.25, 0.3) is 0 Å². The number of aromatic nitrogens is 2. The number of hydrogen-bond acceptors (Lipinski definition) is 0. The molecule has 2 nitrogen and oxygen atoms in total. The van der Waals surface area contributed by atoms with Gasteiger partial charge in [-0.3, -0.25) is 0 Å². The molecule has 1 N–H and O–H groups in total. The van der Waals surface area contributed by atoms with Crippen LogP contribution in [0.5, 0.6) is 0 Å². The minimum atomic E-state index is 1.20. The van der Waals surface area contributed by atoms with Crippen LogP contribution in [0.2, 0.25) is 0 Å². The Labute approximate surface area is 104 Å². The Kier molecular flexibility index (Phi) is 1.78. The predicted molar refractivity (Wildman–Crippen MR) is 74.5 cm³/mol. The smallest absolute Gasteiger partial charge is 0.214 e. The van der Waals surface area contributed by atoms with E-state index in [0.717, 1.165) is 0 Å². The summed E-state index contributed by atoms with van der Waals surface area (Å²) in [5, 5.41) is 3.86. The normalized spacial score (nSPS) is 11.6. The van der Waals surface area contributed by atoms with E-state index in [0.29, 0.717) is 0 Å². The van der Waals surface area contributed by atoms with Gasteiger partial charge < -0.3 is 4.98 Å². The fourth-order valence-electron chi connectivity index (χ4n) is 2.75. The number of nitrogens with zero attached hydrogens (tertiary/aromatic N) is 1. The molecule has 18 heavy (non-hydrogen) atoms.